The summed E-state index contributed by atoms with van der Waals surface area (Å²) < 4.78 is 1.64. The van der Waals surface area contributed by atoms with Crippen LogP contribution in [0.5, 0.6) is 0 Å². The number of anilines is 1. The van der Waals surface area contributed by atoms with E-state index in [9.17, 15) is 4.79 Å². The SMILES string of the molecule is CCn1ncc(N)c1C(=O)NC(c1ccccc1)C1CC1. The van der Waals surface area contributed by atoms with E-state index >= 15 is 0 Å². The predicted octanol–water partition coefficient (Wildman–Crippen LogP) is 2.37. The number of amides is 1. The third-order valence-corrected chi connectivity index (χ3v) is 3.92. The van der Waals surface area contributed by atoms with E-state index in [1.165, 1.54) is 6.20 Å². The fourth-order valence-electron chi connectivity index (χ4n) is 2.66. The number of rotatable bonds is 5. The number of hydrogen-bond acceptors (Lipinski definition) is 3. The lowest BCUT2D eigenvalue weighted by molar-refractivity contribution is 0.0922. The van der Waals surface area contributed by atoms with Crippen LogP contribution in [0.3, 0.4) is 0 Å². The van der Waals surface area contributed by atoms with Crippen molar-refractivity contribution >= 4 is 11.6 Å². The number of nitrogens with one attached hydrogen (secondary N) is 1. The summed E-state index contributed by atoms with van der Waals surface area (Å²) in [6.07, 6.45) is 3.85. The maximum Gasteiger partial charge on any atom is 0.272 e. The molecule has 1 aliphatic rings. The molecule has 0 bridgehead atoms. The third-order valence-electron chi connectivity index (χ3n) is 3.92. The average molecular weight is 284 g/mol. The molecule has 0 aliphatic heterocycles. The van der Waals surface area contributed by atoms with Crippen molar-refractivity contribution in [2.24, 2.45) is 5.92 Å². The lowest BCUT2D eigenvalue weighted by atomic mass is 10.0. The van der Waals surface area contributed by atoms with Crippen LogP contribution in [0.2, 0.25) is 0 Å². The standard InChI is InChI=1S/C16H20N4O/c1-2-20-15(13(17)10-18-20)16(21)19-14(12-8-9-12)11-6-4-3-5-7-11/h3-7,10,12,14H,2,8-9,17H2,1H3,(H,19,21). The number of hydrogen-bond donors (Lipinski definition) is 2. The molecule has 1 fully saturated rings. The van der Waals surface area contributed by atoms with E-state index in [0.29, 0.717) is 23.8 Å². The van der Waals surface area contributed by atoms with E-state index in [-0.39, 0.29) is 11.9 Å². The van der Waals surface area contributed by atoms with Gasteiger partial charge in [-0.1, -0.05) is 30.3 Å². The zero-order valence-electron chi connectivity index (χ0n) is 12.1. The van der Waals surface area contributed by atoms with Crippen LogP contribution in [0.25, 0.3) is 0 Å². The van der Waals surface area contributed by atoms with E-state index < -0.39 is 0 Å². The molecule has 1 unspecified atom stereocenters. The van der Waals surface area contributed by atoms with Crippen molar-refractivity contribution in [2.45, 2.75) is 32.4 Å². The summed E-state index contributed by atoms with van der Waals surface area (Å²) >= 11 is 0. The Morgan fingerprint density at radius 3 is 2.76 bits per heavy atom. The molecule has 0 spiro atoms. The molecule has 1 atom stereocenters. The lowest BCUT2D eigenvalue weighted by Gasteiger charge is -2.19. The summed E-state index contributed by atoms with van der Waals surface area (Å²) in [6, 6.07) is 10.2. The second kappa shape index (κ2) is 5.60. The van der Waals surface area contributed by atoms with Crippen molar-refractivity contribution in [1.82, 2.24) is 15.1 Å². The topological polar surface area (TPSA) is 72.9 Å². The minimum Gasteiger partial charge on any atom is -0.396 e. The second-order valence-electron chi connectivity index (χ2n) is 5.46. The van der Waals surface area contributed by atoms with Crippen LogP contribution >= 0.6 is 0 Å². The van der Waals surface area contributed by atoms with Crippen LogP contribution in [0.1, 0.15) is 41.9 Å². The molecule has 2 aromatic rings. The van der Waals surface area contributed by atoms with E-state index in [0.717, 1.165) is 18.4 Å². The molecule has 21 heavy (non-hydrogen) atoms. The van der Waals surface area contributed by atoms with Crippen molar-refractivity contribution < 1.29 is 4.79 Å². The minimum atomic E-state index is -0.146. The molecule has 1 amide bonds. The zero-order valence-corrected chi connectivity index (χ0v) is 12.1. The molecular formula is C16H20N4O. The maximum atomic E-state index is 12.6. The van der Waals surface area contributed by atoms with Gasteiger partial charge in [-0.3, -0.25) is 9.48 Å². The van der Waals surface area contributed by atoms with Crippen molar-refractivity contribution in [2.75, 3.05) is 5.73 Å². The highest BCUT2D eigenvalue weighted by Crippen LogP contribution is 2.41. The van der Waals surface area contributed by atoms with Gasteiger partial charge in [-0.2, -0.15) is 5.10 Å². The van der Waals surface area contributed by atoms with E-state index in [1.54, 1.807) is 4.68 Å². The molecule has 1 aliphatic carbocycles. The first-order valence-corrected chi connectivity index (χ1v) is 7.37. The quantitative estimate of drug-likeness (QED) is 0.885. The molecule has 0 radical (unpaired) electrons. The fourth-order valence-corrected chi connectivity index (χ4v) is 2.66. The molecule has 0 saturated heterocycles. The number of carbonyl (C=O) groups is 1. The maximum absolute atomic E-state index is 12.6. The first-order chi connectivity index (χ1) is 10.2. The summed E-state index contributed by atoms with van der Waals surface area (Å²) in [5, 5.41) is 7.26. The average Bonchev–Trinajstić information content (AvgIpc) is 3.27. The van der Waals surface area contributed by atoms with E-state index in [4.69, 9.17) is 5.73 Å². The number of aryl methyl sites for hydroxylation is 1. The van der Waals surface area contributed by atoms with Gasteiger partial charge in [0, 0.05) is 6.54 Å². The molecule has 1 aromatic heterocycles. The zero-order chi connectivity index (χ0) is 14.8. The van der Waals surface area contributed by atoms with Gasteiger partial charge in [0.1, 0.15) is 5.69 Å². The highest BCUT2D eigenvalue weighted by Gasteiger charge is 2.34. The normalized spacial score (nSPS) is 15.7. The summed E-state index contributed by atoms with van der Waals surface area (Å²) in [5.41, 5.74) is 7.91. The molecule has 5 nitrogen and oxygen atoms in total. The number of nitrogens with zero attached hydrogens (tertiary/aromatic N) is 2. The van der Waals surface area contributed by atoms with Gasteiger partial charge < -0.3 is 11.1 Å². The van der Waals surface area contributed by atoms with Crippen LogP contribution in [-0.2, 0) is 6.54 Å². The third kappa shape index (κ3) is 2.77. The second-order valence-corrected chi connectivity index (χ2v) is 5.46. The Balaban J connectivity index is 1.83. The molecule has 1 heterocycles. The van der Waals surface area contributed by atoms with Crippen molar-refractivity contribution in [3.63, 3.8) is 0 Å². The molecule has 1 aromatic carbocycles. The van der Waals surface area contributed by atoms with Gasteiger partial charge in [0.05, 0.1) is 17.9 Å². The Kier molecular flexibility index (Phi) is 3.64. The van der Waals surface area contributed by atoms with Crippen LogP contribution in [0.15, 0.2) is 36.5 Å². The number of aromatic nitrogens is 2. The molecular weight excluding hydrogens is 264 g/mol. The van der Waals surface area contributed by atoms with E-state index in [2.05, 4.69) is 22.5 Å². The molecule has 5 heteroatoms. The van der Waals surface area contributed by atoms with Crippen LogP contribution in [0.4, 0.5) is 5.69 Å². The Morgan fingerprint density at radius 1 is 1.43 bits per heavy atom. The monoisotopic (exact) mass is 284 g/mol. The smallest absolute Gasteiger partial charge is 0.272 e. The highest BCUT2D eigenvalue weighted by atomic mass is 16.2. The first kappa shape index (κ1) is 13.7. The molecule has 3 N–H and O–H groups in total. The van der Waals surface area contributed by atoms with Gasteiger partial charge in [0.25, 0.3) is 5.91 Å². The Morgan fingerprint density at radius 2 is 2.14 bits per heavy atom. The predicted molar refractivity (Wildman–Crippen MR) is 81.7 cm³/mol. The van der Waals surface area contributed by atoms with Gasteiger partial charge in [0.2, 0.25) is 0 Å². The number of nitrogen functional groups attached to an aromatic ring is 1. The Labute approximate surface area is 124 Å². The van der Waals surface area contributed by atoms with Gasteiger partial charge in [-0.15, -0.1) is 0 Å². The van der Waals surface area contributed by atoms with Crippen LogP contribution < -0.4 is 11.1 Å². The largest absolute Gasteiger partial charge is 0.396 e. The van der Waals surface area contributed by atoms with Gasteiger partial charge >= 0.3 is 0 Å². The lowest BCUT2D eigenvalue weighted by Crippen LogP contribution is -2.32. The summed E-state index contributed by atoms with van der Waals surface area (Å²) in [4.78, 5) is 12.6. The van der Waals surface area contributed by atoms with E-state index in [1.807, 2.05) is 25.1 Å². The Bertz CT molecular complexity index is 631. The van der Waals surface area contributed by atoms with Crippen molar-refractivity contribution in [3.8, 4) is 0 Å². The minimum absolute atomic E-state index is 0.0540. The van der Waals surface area contributed by atoms with Crippen LogP contribution in [-0.4, -0.2) is 15.7 Å². The van der Waals surface area contributed by atoms with Gasteiger partial charge in [0.15, 0.2) is 0 Å². The van der Waals surface area contributed by atoms with Crippen LogP contribution in [0, 0.1) is 5.92 Å². The van der Waals surface area contributed by atoms with Crippen molar-refractivity contribution in [3.05, 3.63) is 47.8 Å². The first-order valence-electron chi connectivity index (χ1n) is 7.37. The van der Waals surface area contributed by atoms with Gasteiger partial charge in [-0.05, 0) is 31.2 Å². The number of nitrogens with two attached hydrogens (primary N) is 1. The molecule has 1 saturated carbocycles. The number of carbonyl (C=O) groups excluding carboxylic acids is 1. The van der Waals surface area contributed by atoms with Crippen molar-refractivity contribution in [1.29, 1.82) is 0 Å². The molecule has 3 rings (SSSR count). The molecule has 110 valence electrons. The summed E-state index contributed by atoms with van der Waals surface area (Å²) in [7, 11) is 0. The fraction of sp³-hybridized carbons (Fsp3) is 0.375. The number of benzene rings is 1. The highest BCUT2D eigenvalue weighted by molar-refractivity contribution is 5.97. The summed E-state index contributed by atoms with van der Waals surface area (Å²) in [5.74, 6) is 0.378. The summed E-state index contributed by atoms with van der Waals surface area (Å²) in [6.45, 7) is 2.57. The van der Waals surface area contributed by atoms with Gasteiger partial charge in [-0.25, -0.2) is 0 Å². The Hall–Kier alpha value is -2.30.